The molecule has 1 saturated heterocycles. The van der Waals surface area contributed by atoms with E-state index in [0.717, 1.165) is 6.20 Å². The molecule has 0 saturated carbocycles. The van der Waals surface area contributed by atoms with Gasteiger partial charge in [0.1, 0.15) is 30.2 Å². The Balaban J connectivity index is 2.15. The second-order valence-corrected chi connectivity index (χ2v) is 7.13. The summed E-state index contributed by atoms with van der Waals surface area (Å²) < 4.78 is 40.2. The first-order valence-corrected chi connectivity index (χ1v) is 8.06. The third-order valence-corrected chi connectivity index (χ3v) is 3.86. The number of alkyl halides is 2. The van der Waals surface area contributed by atoms with Crippen LogP contribution in [0.3, 0.4) is 0 Å². The predicted molar refractivity (Wildman–Crippen MR) is 85.9 cm³/mol. The number of rotatable bonds is 3. The van der Waals surface area contributed by atoms with E-state index in [1.807, 2.05) is 0 Å². The molecule has 2 heterocycles. The molecule has 1 amide bonds. The zero-order valence-corrected chi connectivity index (χ0v) is 15.0. The molecule has 1 N–H and O–H groups in total. The highest BCUT2D eigenvalue weighted by atomic mass is 19.3. The third kappa shape index (κ3) is 4.65. The summed E-state index contributed by atoms with van der Waals surface area (Å²) in [6.07, 6.45) is -0.917. The topological polar surface area (TPSA) is 109 Å². The van der Waals surface area contributed by atoms with Gasteiger partial charge in [-0.3, -0.25) is 14.8 Å². The maximum Gasteiger partial charge on any atom is 0.408 e. The summed E-state index contributed by atoms with van der Waals surface area (Å²) in [7, 11) is 1.48. The molecule has 2 atom stereocenters. The Hall–Kier alpha value is -2.30. The lowest BCUT2D eigenvalue weighted by atomic mass is 10.0. The van der Waals surface area contributed by atoms with Gasteiger partial charge in [0.25, 0.3) is 5.92 Å². The van der Waals surface area contributed by atoms with Gasteiger partial charge in [0.15, 0.2) is 0 Å². The van der Waals surface area contributed by atoms with Gasteiger partial charge in [-0.05, 0) is 33.6 Å². The average molecular weight is 376 g/mol. The number of ether oxygens (including phenoxy) is 2. The van der Waals surface area contributed by atoms with Crippen LogP contribution >= 0.6 is 0 Å². The molecule has 0 unspecified atom stereocenters. The molecule has 0 radical (unpaired) electrons. The summed E-state index contributed by atoms with van der Waals surface area (Å²) in [4.78, 5) is 22.3. The summed E-state index contributed by atoms with van der Waals surface area (Å²) in [5.74, 6) is -3.35. The van der Waals surface area contributed by atoms with Gasteiger partial charge in [-0.2, -0.15) is 5.10 Å². The minimum Gasteiger partial charge on any atom is -0.444 e. The first-order chi connectivity index (χ1) is 11.9. The van der Waals surface area contributed by atoms with E-state index in [1.54, 1.807) is 20.8 Å². The van der Waals surface area contributed by atoms with Crippen molar-refractivity contribution in [3.8, 4) is 0 Å². The molecule has 1 aliphatic heterocycles. The molecular weight excluding hydrogens is 354 g/mol. The van der Waals surface area contributed by atoms with Crippen molar-refractivity contribution in [3.05, 3.63) is 22.0 Å². The Labute approximate surface area is 148 Å². The first kappa shape index (κ1) is 20.0. The quantitative estimate of drug-likeness (QED) is 0.642. The fourth-order valence-electron chi connectivity index (χ4n) is 2.72. The number of aryl methyl sites for hydroxylation is 1. The lowest BCUT2D eigenvalue weighted by Crippen LogP contribution is -2.50. The number of nitrogens with one attached hydrogen (secondary N) is 1. The van der Waals surface area contributed by atoms with E-state index in [9.17, 15) is 23.7 Å². The molecule has 1 aromatic rings. The zero-order chi connectivity index (χ0) is 19.7. The van der Waals surface area contributed by atoms with Gasteiger partial charge in [-0.1, -0.05) is 0 Å². The second kappa shape index (κ2) is 7.14. The first-order valence-electron chi connectivity index (χ1n) is 8.06. The number of carbonyl (C=O) groups excluding carboxylic acids is 1. The van der Waals surface area contributed by atoms with Crippen molar-refractivity contribution in [1.82, 2.24) is 15.1 Å². The molecule has 1 aromatic heterocycles. The van der Waals surface area contributed by atoms with E-state index in [4.69, 9.17) is 9.47 Å². The van der Waals surface area contributed by atoms with E-state index >= 15 is 0 Å². The number of alkyl carbamates (subject to hydrolysis) is 1. The number of hydrogen-bond acceptors (Lipinski definition) is 6. The van der Waals surface area contributed by atoms with Gasteiger partial charge in [0.05, 0.1) is 11.0 Å². The van der Waals surface area contributed by atoms with Crippen molar-refractivity contribution < 1.29 is 28.0 Å². The molecule has 0 aromatic carbocycles. The summed E-state index contributed by atoms with van der Waals surface area (Å²) in [5, 5.41) is 17.1. The smallest absolute Gasteiger partial charge is 0.408 e. The minimum absolute atomic E-state index is 0.0520. The SMILES string of the molecule is Cn1ncc([N+](=O)[O-])c1[C@H]1CC[C@H](NC(=O)OC(C)(C)C)C(F)(F)CO1. The molecule has 26 heavy (non-hydrogen) atoms. The predicted octanol–water partition coefficient (Wildman–Crippen LogP) is 2.71. The van der Waals surface area contributed by atoms with Gasteiger partial charge < -0.3 is 14.8 Å². The molecule has 1 fully saturated rings. The molecule has 0 spiro atoms. The Kier molecular flexibility index (Phi) is 5.49. The summed E-state index contributed by atoms with van der Waals surface area (Å²) >= 11 is 0. The van der Waals surface area contributed by atoms with Crippen LogP contribution in [0.1, 0.15) is 45.4 Å². The number of halogens is 2. The van der Waals surface area contributed by atoms with Gasteiger partial charge in [-0.25, -0.2) is 13.6 Å². The monoisotopic (exact) mass is 376 g/mol. The highest BCUT2D eigenvalue weighted by Crippen LogP contribution is 2.37. The molecule has 9 nitrogen and oxygen atoms in total. The van der Waals surface area contributed by atoms with Gasteiger partial charge in [0, 0.05) is 7.05 Å². The minimum atomic E-state index is -3.35. The Morgan fingerprint density at radius 3 is 2.73 bits per heavy atom. The largest absolute Gasteiger partial charge is 0.444 e. The number of carbonyl (C=O) groups is 1. The van der Waals surface area contributed by atoms with Crippen LogP contribution in [0.5, 0.6) is 0 Å². The van der Waals surface area contributed by atoms with Crippen LogP contribution in [-0.2, 0) is 16.5 Å². The van der Waals surface area contributed by atoms with E-state index in [1.165, 1.54) is 11.7 Å². The lowest BCUT2D eigenvalue weighted by Gasteiger charge is -2.27. The highest BCUT2D eigenvalue weighted by molar-refractivity contribution is 5.68. The van der Waals surface area contributed by atoms with Crippen LogP contribution < -0.4 is 5.32 Å². The number of amides is 1. The van der Waals surface area contributed by atoms with Crippen LogP contribution in [0.2, 0.25) is 0 Å². The molecule has 11 heteroatoms. The van der Waals surface area contributed by atoms with Crippen molar-refractivity contribution in [3.63, 3.8) is 0 Å². The summed E-state index contributed by atoms with van der Waals surface area (Å²) in [6, 6.07) is -1.50. The van der Waals surface area contributed by atoms with Crippen molar-refractivity contribution >= 4 is 11.8 Å². The molecule has 2 rings (SSSR count). The van der Waals surface area contributed by atoms with Crippen molar-refractivity contribution in [2.45, 2.75) is 57.3 Å². The normalized spacial score (nSPS) is 23.2. The number of nitro groups is 1. The second-order valence-electron chi connectivity index (χ2n) is 7.13. The fraction of sp³-hybridized carbons (Fsp3) is 0.733. The van der Waals surface area contributed by atoms with Crippen molar-refractivity contribution in [2.24, 2.45) is 7.05 Å². The molecule has 1 aliphatic rings. The van der Waals surface area contributed by atoms with E-state index in [2.05, 4.69) is 10.4 Å². The van der Waals surface area contributed by atoms with Crippen LogP contribution in [-0.4, -0.2) is 45.0 Å². The van der Waals surface area contributed by atoms with Crippen LogP contribution in [0.25, 0.3) is 0 Å². The van der Waals surface area contributed by atoms with Crippen LogP contribution in [0.4, 0.5) is 19.3 Å². The van der Waals surface area contributed by atoms with E-state index in [0.29, 0.717) is 0 Å². The number of hydrogen-bond donors (Lipinski definition) is 1. The van der Waals surface area contributed by atoms with E-state index < -0.39 is 41.3 Å². The van der Waals surface area contributed by atoms with Crippen molar-refractivity contribution in [2.75, 3.05) is 6.61 Å². The lowest BCUT2D eigenvalue weighted by molar-refractivity contribution is -0.386. The summed E-state index contributed by atoms with van der Waals surface area (Å²) in [6.45, 7) is 3.88. The van der Waals surface area contributed by atoms with E-state index in [-0.39, 0.29) is 24.2 Å². The molecule has 146 valence electrons. The summed E-state index contributed by atoms with van der Waals surface area (Å²) in [5.41, 5.74) is -0.999. The van der Waals surface area contributed by atoms with Crippen molar-refractivity contribution in [1.29, 1.82) is 0 Å². The van der Waals surface area contributed by atoms with Crippen LogP contribution in [0.15, 0.2) is 6.20 Å². The average Bonchev–Trinajstić information content (AvgIpc) is 2.79. The Morgan fingerprint density at radius 1 is 1.50 bits per heavy atom. The number of nitrogens with zero attached hydrogens (tertiary/aromatic N) is 3. The zero-order valence-electron chi connectivity index (χ0n) is 15.0. The fourth-order valence-corrected chi connectivity index (χ4v) is 2.72. The van der Waals surface area contributed by atoms with Crippen LogP contribution in [0, 0.1) is 10.1 Å². The maximum absolute atomic E-state index is 14.3. The third-order valence-electron chi connectivity index (χ3n) is 3.86. The Bertz CT molecular complexity index is 686. The molecule has 0 bridgehead atoms. The van der Waals surface area contributed by atoms with Gasteiger partial charge >= 0.3 is 11.8 Å². The maximum atomic E-state index is 14.3. The standard InChI is InChI=1S/C15H22F2N4O5/c1-14(2,3)26-13(22)19-11-6-5-10(25-8-15(11,16)17)12-9(21(23)24)7-18-20(12)4/h7,10-11H,5-6,8H2,1-4H3,(H,19,22)/t10-,11+/m1/s1. The highest BCUT2D eigenvalue weighted by Gasteiger charge is 2.45. The van der Waals surface area contributed by atoms with Gasteiger partial charge in [-0.15, -0.1) is 0 Å². The Morgan fingerprint density at radius 2 is 2.15 bits per heavy atom. The molecule has 0 aliphatic carbocycles. The number of aromatic nitrogens is 2. The molecular formula is C15H22F2N4O5. The van der Waals surface area contributed by atoms with Gasteiger partial charge in [0.2, 0.25) is 0 Å².